The number of nitrogens with zero attached hydrogens (tertiary/aromatic N) is 2. The van der Waals surface area contributed by atoms with Crippen molar-refractivity contribution in [3.05, 3.63) is 17.7 Å². The summed E-state index contributed by atoms with van der Waals surface area (Å²) < 4.78 is 2.00. The first-order valence-electron chi connectivity index (χ1n) is 5.33. The highest BCUT2D eigenvalue weighted by atomic mass is 16.1. The molecule has 0 atom stereocenters. The van der Waals surface area contributed by atoms with Gasteiger partial charge in [-0.2, -0.15) is 0 Å². The Morgan fingerprint density at radius 3 is 2.53 bits per heavy atom. The van der Waals surface area contributed by atoms with Crippen LogP contribution in [0.3, 0.4) is 0 Å². The molecule has 0 radical (unpaired) electrons. The lowest BCUT2D eigenvalue weighted by atomic mass is 10.2. The number of nitrogens with one attached hydrogen (secondary N) is 1. The van der Waals surface area contributed by atoms with Crippen LogP contribution in [-0.2, 0) is 18.3 Å². The number of hydrogen-bond donors (Lipinski definition) is 1. The second-order valence-electron chi connectivity index (χ2n) is 3.03. The molecule has 0 spiro atoms. The monoisotopic (exact) mass is 211 g/mol. The van der Waals surface area contributed by atoms with Crippen LogP contribution < -0.4 is 5.32 Å². The number of aryl methyl sites for hydroxylation is 2. The van der Waals surface area contributed by atoms with Crippen molar-refractivity contribution in [1.82, 2.24) is 14.9 Å². The fourth-order valence-corrected chi connectivity index (χ4v) is 1.15. The van der Waals surface area contributed by atoms with Gasteiger partial charge in [0.2, 0.25) is 5.91 Å². The molecule has 1 amide bonds. The summed E-state index contributed by atoms with van der Waals surface area (Å²) in [5.41, 5.74) is 1.10. The lowest BCUT2D eigenvalue weighted by Gasteiger charge is -2.02. The van der Waals surface area contributed by atoms with Crippen LogP contribution in [0.25, 0.3) is 0 Å². The summed E-state index contributed by atoms with van der Waals surface area (Å²) >= 11 is 0. The summed E-state index contributed by atoms with van der Waals surface area (Å²) in [4.78, 5) is 15.1. The van der Waals surface area contributed by atoms with E-state index in [1.165, 1.54) is 0 Å². The Labute approximate surface area is 91.7 Å². The first-order chi connectivity index (χ1) is 7.15. The zero-order valence-corrected chi connectivity index (χ0v) is 10.3. The molecule has 0 fully saturated rings. The van der Waals surface area contributed by atoms with E-state index in [4.69, 9.17) is 0 Å². The van der Waals surface area contributed by atoms with Crippen LogP contribution in [0.5, 0.6) is 0 Å². The standard InChI is InChI=1S/C9H15N3O.C2H6/c1-7-11-6-8(12(7)3)4-5-9(13)10-2;1-2/h6H,4-5H2,1-3H3,(H,10,13);1-2H3. The molecule has 0 saturated carbocycles. The van der Waals surface area contributed by atoms with Crippen molar-refractivity contribution in [3.63, 3.8) is 0 Å². The Morgan fingerprint density at radius 1 is 1.53 bits per heavy atom. The molecule has 1 rings (SSSR count). The average Bonchev–Trinajstić information content (AvgIpc) is 2.59. The largest absolute Gasteiger partial charge is 0.359 e. The minimum Gasteiger partial charge on any atom is -0.359 e. The Kier molecular flexibility index (Phi) is 6.42. The van der Waals surface area contributed by atoms with E-state index in [-0.39, 0.29) is 5.91 Å². The van der Waals surface area contributed by atoms with Crippen LogP contribution in [0.4, 0.5) is 0 Å². The van der Waals surface area contributed by atoms with Gasteiger partial charge < -0.3 is 9.88 Å². The quantitative estimate of drug-likeness (QED) is 0.822. The summed E-state index contributed by atoms with van der Waals surface area (Å²) in [6.07, 6.45) is 3.09. The summed E-state index contributed by atoms with van der Waals surface area (Å²) in [6.45, 7) is 5.95. The minimum absolute atomic E-state index is 0.0684. The molecule has 86 valence electrons. The van der Waals surface area contributed by atoms with Crippen molar-refractivity contribution in [3.8, 4) is 0 Å². The molecule has 0 bridgehead atoms. The third kappa shape index (κ3) is 4.14. The average molecular weight is 211 g/mol. The van der Waals surface area contributed by atoms with Gasteiger partial charge in [-0.3, -0.25) is 4.79 Å². The van der Waals surface area contributed by atoms with E-state index in [0.717, 1.165) is 17.9 Å². The van der Waals surface area contributed by atoms with Crippen LogP contribution in [0.2, 0.25) is 0 Å². The second kappa shape index (κ2) is 7.04. The Balaban J connectivity index is 0.000000921. The van der Waals surface area contributed by atoms with E-state index < -0.39 is 0 Å². The van der Waals surface area contributed by atoms with E-state index in [2.05, 4.69) is 10.3 Å². The summed E-state index contributed by atoms with van der Waals surface area (Å²) in [5, 5.41) is 2.59. The van der Waals surface area contributed by atoms with Crippen molar-refractivity contribution < 1.29 is 4.79 Å². The fraction of sp³-hybridized carbons (Fsp3) is 0.636. The first-order valence-corrected chi connectivity index (χ1v) is 5.33. The molecule has 0 aliphatic carbocycles. The number of carbonyl (C=O) groups is 1. The molecule has 4 heteroatoms. The number of aromatic nitrogens is 2. The van der Waals surface area contributed by atoms with Crippen LogP contribution in [0, 0.1) is 6.92 Å². The maximum atomic E-state index is 11.0. The maximum Gasteiger partial charge on any atom is 0.220 e. The van der Waals surface area contributed by atoms with Gasteiger partial charge in [0.05, 0.1) is 0 Å². The molecule has 0 saturated heterocycles. The highest BCUT2D eigenvalue weighted by molar-refractivity contribution is 5.75. The highest BCUT2D eigenvalue weighted by Gasteiger charge is 2.04. The molecule has 15 heavy (non-hydrogen) atoms. The zero-order chi connectivity index (χ0) is 11.8. The Bertz CT molecular complexity index is 305. The Morgan fingerprint density at radius 2 is 2.13 bits per heavy atom. The predicted octanol–water partition coefficient (Wildman–Crippen LogP) is 1.43. The van der Waals surface area contributed by atoms with Gasteiger partial charge in [-0.25, -0.2) is 4.98 Å². The molecular formula is C11H21N3O. The molecule has 1 N–H and O–H groups in total. The number of carbonyl (C=O) groups excluding carboxylic acids is 1. The van der Waals surface area contributed by atoms with Gasteiger partial charge in [-0.15, -0.1) is 0 Å². The third-order valence-electron chi connectivity index (χ3n) is 2.20. The normalized spacial score (nSPS) is 9.13. The minimum atomic E-state index is 0.0684. The van der Waals surface area contributed by atoms with Gasteiger partial charge in [0, 0.05) is 32.4 Å². The number of amides is 1. The van der Waals surface area contributed by atoms with Gasteiger partial charge in [0.25, 0.3) is 0 Å². The molecule has 0 aliphatic rings. The number of imidazole rings is 1. The lowest BCUT2D eigenvalue weighted by molar-refractivity contribution is -0.120. The van der Waals surface area contributed by atoms with Crippen molar-refractivity contribution in [1.29, 1.82) is 0 Å². The zero-order valence-electron chi connectivity index (χ0n) is 10.3. The van der Waals surface area contributed by atoms with Gasteiger partial charge in [0.1, 0.15) is 5.82 Å². The summed E-state index contributed by atoms with van der Waals surface area (Å²) in [6, 6.07) is 0. The van der Waals surface area contributed by atoms with Crippen LogP contribution >= 0.6 is 0 Å². The van der Waals surface area contributed by atoms with Crippen molar-refractivity contribution in [2.24, 2.45) is 7.05 Å². The molecule has 1 aromatic heterocycles. The topological polar surface area (TPSA) is 46.9 Å². The van der Waals surface area contributed by atoms with Crippen molar-refractivity contribution >= 4 is 5.91 Å². The van der Waals surface area contributed by atoms with E-state index in [1.807, 2.05) is 38.6 Å². The van der Waals surface area contributed by atoms with Crippen molar-refractivity contribution in [2.75, 3.05) is 7.05 Å². The van der Waals surface area contributed by atoms with E-state index in [0.29, 0.717) is 6.42 Å². The third-order valence-corrected chi connectivity index (χ3v) is 2.20. The number of rotatable bonds is 3. The highest BCUT2D eigenvalue weighted by Crippen LogP contribution is 2.04. The van der Waals surface area contributed by atoms with Crippen molar-refractivity contribution in [2.45, 2.75) is 33.6 Å². The maximum absolute atomic E-state index is 11.0. The summed E-state index contributed by atoms with van der Waals surface area (Å²) in [5.74, 6) is 1.05. The molecule has 0 aromatic carbocycles. The van der Waals surface area contributed by atoms with Gasteiger partial charge in [0.15, 0.2) is 0 Å². The van der Waals surface area contributed by atoms with Gasteiger partial charge in [-0.1, -0.05) is 13.8 Å². The first kappa shape index (κ1) is 13.7. The van der Waals surface area contributed by atoms with Gasteiger partial charge >= 0.3 is 0 Å². The van der Waals surface area contributed by atoms with E-state index in [9.17, 15) is 4.79 Å². The number of hydrogen-bond acceptors (Lipinski definition) is 2. The fourth-order valence-electron chi connectivity index (χ4n) is 1.15. The summed E-state index contributed by atoms with van der Waals surface area (Å²) in [7, 11) is 3.61. The Hall–Kier alpha value is -1.32. The SMILES string of the molecule is CC.CNC(=O)CCc1cnc(C)n1C. The van der Waals surface area contributed by atoms with E-state index >= 15 is 0 Å². The van der Waals surface area contributed by atoms with E-state index in [1.54, 1.807) is 7.05 Å². The van der Waals surface area contributed by atoms with Crippen LogP contribution in [0.1, 0.15) is 31.8 Å². The van der Waals surface area contributed by atoms with Gasteiger partial charge in [-0.05, 0) is 13.3 Å². The van der Waals surface area contributed by atoms with Crippen LogP contribution in [-0.4, -0.2) is 22.5 Å². The lowest BCUT2D eigenvalue weighted by Crippen LogP contribution is -2.18. The second-order valence-corrected chi connectivity index (χ2v) is 3.03. The molecule has 4 nitrogen and oxygen atoms in total. The molecule has 1 heterocycles. The van der Waals surface area contributed by atoms with Crippen LogP contribution in [0.15, 0.2) is 6.20 Å². The molecule has 1 aromatic rings. The molecule has 0 unspecified atom stereocenters. The predicted molar refractivity (Wildman–Crippen MR) is 61.7 cm³/mol. The smallest absolute Gasteiger partial charge is 0.220 e. The molecular weight excluding hydrogens is 190 g/mol. The molecule has 0 aliphatic heterocycles.